The van der Waals surface area contributed by atoms with Gasteiger partial charge in [-0.1, -0.05) is 94.2 Å². The zero-order chi connectivity index (χ0) is 54.0. The maximum Gasteiger partial charge on any atom is 0.330 e. The minimum Gasteiger partial charge on any atom is -0.494 e. The highest BCUT2D eigenvalue weighted by Gasteiger charge is 2.20. The summed E-state index contributed by atoms with van der Waals surface area (Å²) in [5.74, 6) is -0.151. The van der Waals surface area contributed by atoms with Crippen molar-refractivity contribution in [2.75, 3.05) is 52.9 Å². The van der Waals surface area contributed by atoms with Crippen LogP contribution < -0.4 is 14.2 Å². The lowest BCUT2D eigenvalue weighted by Crippen LogP contribution is -2.30. The Kier molecular flexibility index (Phi) is 33.7. The van der Waals surface area contributed by atoms with Crippen LogP contribution in [0.25, 0.3) is 18.2 Å². The fourth-order valence-corrected chi connectivity index (χ4v) is 7.24. The van der Waals surface area contributed by atoms with Crippen molar-refractivity contribution in [1.82, 2.24) is 0 Å². The summed E-state index contributed by atoms with van der Waals surface area (Å²) in [5, 5.41) is 0. The number of unbranched alkanes of at least 4 members (excludes halogenated alkanes) is 12. The van der Waals surface area contributed by atoms with Crippen molar-refractivity contribution >= 4 is 54.0 Å². The van der Waals surface area contributed by atoms with Crippen molar-refractivity contribution < 1.29 is 71.4 Å². The summed E-state index contributed by atoms with van der Waals surface area (Å²) < 4.78 is 49.0. The normalized spacial score (nSPS) is 11.2. The third-order valence-electron chi connectivity index (χ3n) is 11.3. The average Bonchev–Trinajstić information content (AvgIpc) is 3.41. The molecule has 15 heteroatoms. The Hall–Kier alpha value is -6.90. The van der Waals surface area contributed by atoms with E-state index in [1.54, 1.807) is 39.0 Å². The van der Waals surface area contributed by atoms with E-state index in [9.17, 15) is 28.8 Å². The van der Waals surface area contributed by atoms with Gasteiger partial charge in [-0.25, -0.2) is 14.4 Å². The number of carbonyl (C=O) groups is 6. The van der Waals surface area contributed by atoms with Crippen LogP contribution in [0.15, 0.2) is 91.0 Å². The summed E-state index contributed by atoms with van der Waals surface area (Å²) in [7, 11) is 0. The molecule has 0 radical (unpaired) electrons. The number of benzene rings is 3. The molecule has 0 saturated heterocycles. The number of rotatable bonds is 41. The van der Waals surface area contributed by atoms with Crippen molar-refractivity contribution in [2.45, 2.75) is 142 Å². The van der Waals surface area contributed by atoms with Crippen molar-refractivity contribution in [3.05, 3.63) is 108 Å². The molecule has 0 aliphatic carbocycles. The van der Waals surface area contributed by atoms with Gasteiger partial charge < -0.3 is 42.6 Å². The highest BCUT2D eigenvalue weighted by atomic mass is 16.6. The first kappa shape index (κ1) is 62.4. The summed E-state index contributed by atoms with van der Waals surface area (Å²) in [4.78, 5) is 72.9. The molecule has 0 aliphatic heterocycles. The van der Waals surface area contributed by atoms with E-state index in [0.717, 1.165) is 111 Å². The maximum atomic E-state index is 12.9. The minimum atomic E-state index is -0.917. The Morgan fingerprint density at radius 2 is 0.640 bits per heavy atom. The molecule has 0 amide bonds. The zero-order valence-electron chi connectivity index (χ0n) is 44.5. The first-order valence-corrected chi connectivity index (χ1v) is 26.8. The maximum absolute atomic E-state index is 12.9. The molecule has 0 bridgehead atoms. The highest BCUT2D eigenvalue weighted by molar-refractivity contribution is 5.88. The molecular formula is C60H80O15. The molecule has 15 nitrogen and oxygen atoms in total. The first-order valence-electron chi connectivity index (χ1n) is 26.8. The monoisotopic (exact) mass is 1040 g/mol. The summed E-state index contributed by atoms with van der Waals surface area (Å²) in [6.07, 6.45) is 21.6. The van der Waals surface area contributed by atoms with Crippen LogP contribution in [0.2, 0.25) is 0 Å². The van der Waals surface area contributed by atoms with E-state index in [1.807, 2.05) is 72.8 Å². The molecule has 0 aromatic heterocycles. The lowest BCUT2D eigenvalue weighted by molar-refractivity contribution is -0.167. The van der Waals surface area contributed by atoms with Crippen molar-refractivity contribution in [2.24, 2.45) is 0 Å². The van der Waals surface area contributed by atoms with Gasteiger partial charge in [-0.3, -0.25) is 14.4 Å². The SMILES string of the molecule is CCOC(=O)/C=C/c1ccc(OCCCCCCCC(=O)OCC(COC(=O)CCCCCCCOc2ccc(/C=C/C(=O)OCC)cc2)OC(=O)CCCCCCCOc2ccc(/C=C/C(=O)OCC)cc2)cc1. The molecule has 3 rings (SSSR count). The molecule has 0 N–H and O–H groups in total. The molecule has 0 saturated carbocycles. The topological polar surface area (TPSA) is 185 Å². The predicted octanol–water partition coefficient (Wildman–Crippen LogP) is 12.0. The average molecular weight is 1040 g/mol. The number of ether oxygens (including phenoxy) is 9. The van der Waals surface area contributed by atoms with Gasteiger partial charge in [-0.05, 0) is 131 Å². The Balaban J connectivity index is 1.32. The van der Waals surface area contributed by atoms with Crippen molar-refractivity contribution in [3.63, 3.8) is 0 Å². The van der Waals surface area contributed by atoms with E-state index in [-0.39, 0.29) is 50.4 Å². The van der Waals surface area contributed by atoms with Gasteiger partial charge in [0.2, 0.25) is 0 Å². The van der Waals surface area contributed by atoms with Gasteiger partial charge in [0.15, 0.2) is 6.10 Å². The van der Waals surface area contributed by atoms with Gasteiger partial charge in [-0.2, -0.15) is 0 Å². The van der Waals surface area contributed by atoms with Gasteiger partial charge >= 0.3 is 35.8 Å². The number of hydrogen-bond donors (Lipinski definition) is 0. The second kappa shape index (κ2) is 40.5. The third-order valence-corrected chi connectivity index (χ3v) is 11.3. The molecule has 0 aliphatic rings. The zero-order valence-corrected chi connectivity index (χ0v) is 44.5. The van der Waals surface area contributed by atoms with Gasteiger partial charge in [0.05, 0.1) is 39.6 Å². The second-order valence-corrected chi connectivity index (χ2v) is 17.5. The van der Waals surface area contributed by atoms with E-state index in [2.05, 4.69) is 0 Å². The molecule has 0 heterocycles. The number of carbonyl (C=O) groups excluding carboxylic acids is 6. The highest BCUT2D eigenvalue weighted by Crippen LogP contribution is 2.18. The summed E-state index contributed by atoms with van der Waals surface area (Å²) in [6, 6.07) is 22.4. The van der Waals surface area contributed by atoms with Crippen LogP contribution in [-0.4, -0.2) is 94.8 Å². The summed E-state index contributed by atoms with van der Waals surface area (Å²) in [6.45, 7) is 7.55. The van der Waals surface area contributed by atoms with E-state index >= 15 is 0 Å². The van der Waals surface area contributed by atoms with Gasteiger partial charge in [0, 0.05) is 37.5 Å². The van der Waals surface area contributed by atoms with Gasteiger partial charge in [-0.15, -0.1) is 0 Å². The molecule has 0 unspecified atom stereocenters. The van der Waals surface area contributed by atoms with Crippen LogP contribution in [0.1, 0.15) is 153 Å². The molecular weight excluding hydrogens is 961 g/mol. The van der Waals surface area contributed by atoms with Crippen molar-refractivity contribution in [3.8, 4) is 17.2 Å². The minimum absolute atomic E-state index is 0.187. The quantitative estimate of drug-likeness (QED) is 0.0226. The fraction of sp³-hybridized carbons (Fsp3) is 0.500. The van der Waals surface area contributed by atoms with Crippen molar-refractivity contribution in [1.29, 1.82) is 0 Å². The lowest BCUT2D eigenvalue weighted by atomic mass is 10.1. The van der Waals surface area contributed by atoms with Crippen LogP contribution in [-0.2, 0) is 57.2 Å². The van der Waals surface area contributed by atoms with Crippen LogP contribution in [0.4, 0.5) is 0 Å². The molecule has 3 aromatic carbocycles. The Bertz CT molecular complexity index is 2060. The Morgan fingerprint density at radius 3 is 0.947 bits per heavy atom. The predicted molar refractivity (Wildman–Crippen MR) is 288 cm³/mol. The number of hydrogen-bond acceptors (Lipinski definition) is 15. The standard InChI is InChI=1S/C60H80O15/c1-4-67-57(63)40-31-48-25-34-51(35-26-48)70-43-19-13-7-10-16-22-55(61)73-46-54(75-60(66)24-18-12-9-15-21-45-72-53-38-29-50(30-39-53)33-42-59(65)69-6-3)47-74-56(62)23-17-11-8-14-20-44-71-52-36-27-49(28-37-52)32-41-58(64)68-5-2/h25-42,54H,4-24,43-47H2,1-3H3/b40-31+,41-32+,42-33+. The molecule has 0 fully saturated rings. The molecule has 0 atom stereocenters. The van der Waals surface area contributed by atoms with E-state index < -0.39 is 24.0 Å². The summed E-state index contributed by atoms with van der Waals surface area (Å²) >= 11 is 0. The Morgan fingerprint density at radius 1 is 0.360 bits per heavy atom. The van der Waals surface area contributed by atoms with Crippen LogP contribution in [0, 0.1) is 0 Å². The van der Waals surface area contributed by atoms with Gasteiger partial charge in [0.25, 0.3) is 0 Å². The third kappa shape index (κ3) is 32.1. The van der Waals surface area contributed by atoms with Crippen LogP contribution >= 0.6 is 0 Å². The number of esters is 6. The summed E-state index contributed by atoms with van der Waals surface area (Å²) in [5.41, 5.74) is 2.60. The molecule has 75 heavy (non-hydrogen) atoms. The smallest absolute Gasteiger partial charge is 0.330 e. The van der Waals surface area contributed by atoms with E-state index in [0.29, 0.717) is 58.9 Å². The Labute approximate surface area is 444 Å². The van der Waals surface area contributed by atoms with Crippen LogP contribution in [0.5, 0.6) is 17.2 Å². The van der Waals surface area contributed by atoms with E-state index in [4.69, 9.17) is 42.6 Å². The van der Waals surface area contributed by atoms with E-state index in [1.165, 1.54) is 18.2 Å². The first-order chi connectivity index (χ1) is 36.6. The fourth-order valence-electron chi connectivity index (χ4n) is 7.24. The molecule has 410 valence electrons. The lowest BCUT2D eigenvalue weighted by Gasteiger charge is -2.18. The van der Waals surface area contributed by atoms with Gasteiger partial charge in [0.1, 0.15) is 30.5 Å². The molecule has 0 spiro atoms. The second-order valence-electron chi connectivity index (χ2n) is 17.5. The molecule has 3 aromatic rings. The van der Waals surface area contributed by atoms with Crippen LogP contribution in [0.3, 0.4) is 0 Å². The largest absolute Gasteiger partial charge is 0.494 e.